The van der Waals surface area contributed by atoms with E-state index in [4.69, 9.17) is 10.5 Å². The lowest BCUT2D eigenvalue weighted by Gasteiger charge is -2.33. The topological polar surface area (TPSA) is 72.6 Å². The van der Waals surface area contributed by atoms with Crippen LogP contribution in [0.1, 0.15) is 10.4 Å². The number of hydrogen-bond acceptors (Lipinski definition) is 3. The first kappa shape index (κ1) is 14.0. The Bertz CT molecular complexity index is 524. The number of primary amides is 1. The second-order valence-corrected chi connectivity index (χ2v) is 4.95. The van der Waals surface area contributed by atoms with E-state index in [0.717, 1.165) is 0 Å². The molecule has 0 bridgehead atoms. The van der Waals surface area contributed by atoms with Crippen LogP contribution in [0, 0.1) is 5.82 Å². The molecule has 2 N–H and O–H groups in total. The van der Waals surface area contributed by atoms with E-state index in [-0.39, 0.29) is 23.2 Å². The molecule has 1 fully saturated rings. The molecule has 1 aliphatic rings. The van der Waals surface area contributed by atoms with Crippen LogP contribution in [0.2, 0.25) is 0 Å². The normalized spacial score (nSPS) is 19.3. The van der Waals surface area contributed by atoms with Gasteiger partial charge in [-0.1, -0.05) is 6.07 Å². The predicted molar refractivity (Wildman–Crippen MR) is 68.9 cm³/mol. The highest BCUT2D eigenvalue weighted by atomic mass is 79.9. The molecule has 19 heavy (non-hydrogen) atoms. The number of nitrogens with zero attached hydrogens (tertiary/aromatic N) is 1. The van der Waals surface area contributed by atoms with Gasteiger partial charge in [-0.05, 0) is 28.1 Å². The van der Waals surface area contributed by atoms with Crippen LogP contribution >= 0.6 is 15.9 Å². The fraction of sp³-hybridized carbons (Fsp3) is 0.333. The number of halogens is 2. The minimum Gasteiger partial charge on any atom is -0.377 e. The number of benzene rings is 1. The van der Waals surface area contributed by atoms with Gasteiger partial charge in [0.25, 0.3) is 5.91 Å². The summed E-state index contributed by atoms with van der Waals surface area (Å²) in [5, 5.41) is 0. The number of carbonyl (C=O) groups is 2. The molecular weight excluding hydrogens is 319 g/mol. The van der Waals surface area contributed by atoms with Gasteiger partial charge in [0, 0.05) is 6.54 Å². The van der Waals surface area contributed by atoms with E-state index in [0.29, 0.717) is 6.61 Å². The van der Waals surface area contributed by atoms with Gasteiger partial charge in [-0.15, -0.1) is 0 Å². The van der Waals surface area contributed by atoms with Crippen molar-refractivity contribution in [3.8, 4) is 0 Å². The van der Waals surface area contributed by atoms with Crippen molar-refractivity contribution >= 4 is 27.7 Å². The standard InChI is InChI=1S/C12H12BrFN2O3/c13-8-3-1-2-7(10(8)14)12(18)16-4-5-19-6-9(16)11(15)17/h1-3,9H,4-6H2,(H2,15,17). The van der Waals surface area contributed by atoms with Gasteiger partial charge in [-0.25, -0.2) is 4.39 Å². The zero-order chi connectivity index (χ0) is 14.0. The number of amides is 2. The smallest absolute Gasteiger partial charge is 0.257 e. The maximum atomic E-state index is 13.9. The van der Waals surface area contributed by atoms with E-state index >= 15 is 0 Å². The molecule has 1 atom stereocenters. The molecule has 0 saturated carbocycles. The van der Waals surface area contributed by atoms with Crippen molar-refractivity contribution < 1.29 is 18.7 Å². The van der Waals surface area contributed by atoms with Gasteiger partial charge in [0.05, 0.1) is 23.2 Å². The van der Waals surface area contributed by atoms with Crippen molar-refractivity contribution in [2.75, 3.05) is 19.8 Å². The Morgan fingerprint density at radius 1 is 1.47 bits per heavy atom. The largest absolute Gasteiger partial charge is 0.377 e. The summed E-state index contributed by atoms with van der Waals surface area (Å²) in [4.78, 5) is 24.8. The molecule has 1 heterocycles. The first-order chi connectivity index (χ1) is 9.02. The van der Waals surface area contributed by atoms with Crippen molar-refractivity contribution in [2.45, 2.75) is 6.04 Å². The predicted octanol–water partition coefficient (Wildman–Crippen LogP) is 0.915. The van der Waals surface area contributed by atoms with Crippen LogP contribution in [-0.2, 0) is 9.53 Å². The van der Waals surface area contributed by atoms with Crippen molar-refractivity contribution in [1.29, 1.82) is 0 Å². The summed E-state index contributed by atoms with van der Waals surface area (Å²) in [5.74, 6) is -1.88. The lowest BCUT2D eigenvalue weighted by atomic mass is 10.1. The average Bonchev–Trinajstić information content (AvgIpc) is 2.41. The molecule has 0 aromatic heterocycles. The van der Waals surface area contributed by atoms with E-state index < -0.39 is 23.7 Å². The van der Waals surface area contributed by atoms with E-state index in [2.05, 4.69) is 15.9 Å². The van der Waals surface area contributed by atoms with Crippen LogP contribution in [0.3, 0.4) is 0 Å². The van der Waals surface area contributed by atoms with Crippen molar-refractivity contribution in [2.24, 2.45) is 5.73 Å². The van der Waals surface area contributed by atoms with E-state index in [9.17, 15) is 14.0 Å². The average molecular weight is 331 g/mol. The van der Waals surface area contributed by atoms with Gasteiger partial charge in [0.1, 0.15) is 11.9 Å². The zero-order valence-electron chi connectivity index (χ0n) is 9.94. The quantitative estimate of drug-likeness (QED) is 0.876. The highest BCUT2D eigenvalue weighted by Gasteiger charge is 2.33. The molecule has 102 valence electrons. The molecular formula is C12H12BrFN2O3. The third-order valence-electron chi connectivity index (χ3n) is 2.90. The van der Waals surface area contributed by atoms with Crippen LogP contribution in [0.5, 0.6) is 0 Å². The second kappa shape index (κ2) is 5.66. The maximum absolute atomic E-state index is 13.9. The highest BCUT2D eigenvalue weighted by molar-refractivity contribution is 9.10. The van der Waals surface area contributed by atoms with Crippen LogP contribution in [-0.4, -0.2) is 42.5 Å². The molecule has 1 aromatic carbocycles. The fourth-order valence-electron chi connectivity index (χ4n) is 1.91. The van der Waals surface area contributed by atoms with Gasteiger partial charge >= 0.3 is 0 Å². The molecule has 0 spiro atoms. The third kappa shape index (κ3) is 2.76. The summed E-state index contributed by atoms with van der Waals surface area (Å²) in [7, 11) is 0. The fourth-order valence-corrected chi connectivity index (χ4v) is 2.27. The summed E-state index contributed by atoms with van der Waals surface area (Å²) >= 11 is 3.02. The number of ether oxygens (including phenoxy) is 1. The summed E-state index contributed by atoms with van der Waals surface area (Å²) in [6, 6.07) is 3.56. The van der Waals surface area contributed by atoms with Crippen LogP contribution in [0.15, 0.2) is 22.7 Å². The number of morpholine rings is 1. The number of carbonyl (C=O) groups excluding carboxylic acids is 2. The molecule has 1 aliphatic heterocycles. The minimum absolute atomic E-state index is 0.0384. The van der Waals surface area contributed by atoms with Gasteiger partial charge in [-0.3, -0.25) is 9.59 Å². The zero-order valence-corrected chi connectivity index (χ0v) is 11.5. The van der Waals surface area contributed by atoms with E-state index in [1.165, 1.54) is 17.0 Å². The molecule has 5 nitrogen and oxygen atoms in total. The monoisotopic (exact) mass is 330 g/mol. The molecule has 2 amide bonds. The van der Waals surface area contributed by atoms with Crippen LogP contribution in [0.25, 0.3) is 0 Å². The number of hydrogen-bond donors (Lipinski definition) is 1. The summed E-state index contributed by atoms with van der Waals surface area (Å²) < 4.78 is 19.2. The molecule has 1 aromatic rings. The number of rotatable bonds is 2. The Morgan fingerprint density at radius 2 is 2.21 bits per heavy atom. The summed E-state index contributed by atoms with van der Waals surface area (Å²) in [5.41, 5.74) is 5.13. The van der Waals surface area contributed by atoms with E-state index in [1.54, 1.807) is 6.07 Å². The first-order valence-corrected chi connectivity index (χ1v) is 6.43. The van der Waals surface area contributed by atoms with E-state index in [1.807, 2.05) is 0 Å². The maximum Gasteiger partial charge on any atom is 0.257 e. The van der Waals surface area contributed by atoms with Gasteiger partial charge < -0.3 is 15.4 Å². The Balaban J connectivity index is 2.31. The first-order valence-electron chi connectivity index (χ1n) is 5.64. The van der Waals surface area contributed by atoms with Gasteiger partial charge in [-0.2, -0.15) is 0 Å². The van der Waals surface area contributed by atoms with Crippen LogP contribution < -0.4 is 5.73 Å². The molecule has 0 radical (unpaired) electrons. The Morgan fingerprint density at radius 3 is 2.89 bits per heavy atom. The second-order valence-electron chi connectivity index (χ2n) is 4.09. The Kier molecular flexibility index (Phi) is 4.16. The lowest BCUT2D eigenvalue weighted by Crippen LogP contribution is -2.54. The molecule has 1 saturated heterocycles. The summed E-state index contributed by atoms with van der Waals surface area (Å²) in [6.45, 7) is 0.542. The molecule has 0 aliphatic carbocycles. The van der Waals surface area contributed by atoms with Gasteiger partial charge in [0.2, 0.25) is 5.91 Å². The van der Waals surface area contributed by atoms with Crippen LogP contribution in [0.4, 0.5) is 4.39 Å². The van der Waals surface area contributed by atoms with Crippen molar-refractivity contribution in [3.05, 3.63) is 34.1 Å². The van der Waals surface area contributed by atoms with Crippen molar-refractivity contribution in [3.63, 3.8) is 0 Å². The highest BCUT2D eigenvalue weighted by Crippen LogP contribution is 2.21. The Hall–Kier alpha value is -1.47. The molecule has 1 unspecified atom stereocenters. The minimum atomic E-state index is -0.861. The SMILES string of the molecule is NC(=O)C1COCCN1C(=O)c1cccc(Br)c1F. The van der Waals surface area contributed by atoms with Gasteiger partial charge in [0.15, 0.2) is 0 Å². The summed E-state index contributed by atoms with van der Waals surface area (Å²) in [6.07, 6.45) is 0. The molecule has 7 heteroatoms. The van der Waals surface area contributed by atoms with Crippen molar-refractivity contribution in [1.82, 2.24) is 4.90 Å². The lowest BCUT2D eigenvalue weighted by molar-refractivity contribution is -0.127. The molecule has 2 rings (SSSR count). The Labute approximate surface area is 117 Å². The third-order valence-corrected chi connectivity index (χ3v) is 3.51. The number of nitrogens with two attached hydrogens (primary N) is 1.